The van der Waals surface area contributed by atoms with E-state index in [1.807, 2.05) is 42.7 Å². The van der Waals surface area contributed by atoms with Gasteiger partial charge in [0.05, 0.1) is 0 Å². The fraction of sp³-hybridized carbons (Fsp3) is 0.0714. The SMILES string of the molecule is CSc1cc(Cl)ccc1C(=O)c1ccccc1. The molecule has 0 atom stereocenters. The molecule has 0 spiro atoms. The van der Waals surface area contributed by atoms with Crippen molar-refractivity contribution in [3.8, 4) is 0 Å². The zero-order valence-corrected chi connectivity index (χ0v) is 10.9. The van der Waals surface area contributed by atoms with Gasteiger partial charge in [-0.05, 0) is 24.5 Å². The van der Waals surface area contributed by atoms with Crippen LogP contribution in [0.2, 0.25) is 5.02 Å². The molecule has 0 bridgehead atoms. The quantitative estimate of drug-likeness (QED) is 0.606. The van der Waals surface area contributed by atoms with Gasteiger partial charge in [-0.25, -0.2) is 0 Å². The summed E-state index contributed by atoms with van der Waals surface area (Å²) in [5.41, 5.74) is 1.40. The summed E-state index contributed by atoms with van der Waals surface area (Å²) in [7, 11) is 0. The minimum atomic E-state index is 0.0339. The molecule has 0 unspecified atom stereocenters. The lowest BCUT2D eigenvalue weighted by atomic mass is 10.0. The van der Waals surface area contributed by atoms with Crippen LogP contribution >= 0.6 is 23.4 Å². The van der Waals surface area contributed by atoms with E-state index in [0.29, 0.717) is 16.1 Å². The van der Waals surface area contributed by atoms with E-state index >= 15 is 0 Å². The third kappa shape index (κ3) is 2.71. The topological polar surface area (TPSA) is 17.1 Å². The second kappa shape index (κ2) is 5.39. The van der Waals surface area contributed by atoms with Gasteiger partial charge in [0, 0.05) is 21.0 Å². The maximum absolute atomic E-state index is 12.3. The number of hydrogen-bond acceptors (Lipinski definition) is 2. The van der Waals surface area contributed by atoms with Crippen molar-refractivity contribution in [3.63, 3.8) is 0 Å². The van der Waals surface area contributed by atoms with Crippen molar-refractivity contribution in [3.05, 3.63) is 64.7 Å². The van der Waals surface area contributed by atoms with E-state index in [1.165, 1.54) is 11.8 Å². The van der Waals surface area contributed by atoms with Crippen LogP contribution in [0.1, 0.15) is 15.9 Å². The number of carbonyl (C=O) groups is 1. The maximum Gasteiger partial charge on any atom is 0.194 e. The first kappa shape index (κ1) is 12.2. The van der Waals surface area contributed by atoms with E-state index in [4.69, 9.17) is 11.6 Å². The molecule has 0 fully saturated rings. The van der Waals surface area contributed by atoms with Crippen LogP contribution in [-0.4, -0.2) is 12.0 Å². The van der Waals surface area contributed by atoms with Gasteiger partial charge >= 0.3 is 0 Å². The first-order valence-corrected chi connectivity index (χ1v) is 6.76. The Morgan fingerprint density at radius 3 is 2.47 bits per heavy atom. The van der Waals surface area contributed by atoms with Crippen LogP contribution in [0.3, 0.4) is 0 Å². The van der Waals surface area contributed by atoms with E-state index < -0.39 is 0 Å². The minimum Gasteiger partial charge on any atom is -0.289 e. The Labute approximate surface area is 110 Å². The van der Waals surface area contributed by atoms with Crippen molar-refractivity contribution in [1.82, 2.24) is 0 Å². The summed E-state index contributed by atoms with van der Waals surface area (Å²) in [4.78, 5) is 13.2. The van der Waals surface area contributed by atoms with E-state index in [2.05, 4.69) is 0 Å². The summed E-state index contributed by atoms with van der Waals surface area (Å²) < 4.78 is 0. The van der Waals surface area contributed by atoms with Gasteiger partial charge in [-0.15, -0.1) is 11.8 Å². The fourth-order valence-corrected chi connectivity index (χ4v) is 2.46. The molecule has 0 heterocycles. The summed E-state index contributed by atoms with van der Waals surface area (Å²) >= 11 is 7.45. The van der Waals surface area contributed by atoms with E-state index in [1.54, 1.807) is 12.1 Å². The Bertz CT molecular complexity index is 537. The molecule has 3 heteroatoms. The number of halogens is 1. The maximum atomic E-state index is 12.3. The molecule has 86 valence electrons. The highest BCUT2D eigenvalue weighted by atomic mass is 35.5. The van der Waals surface area contributed by atoms with Crippen molar-refractivity contribution >= 4 is 29.1 Å². The summed E-state index contributed by atoms with van der Waals surface area (Å²) in [6, 6.07) is 14.6. The third-order valence-corrected chi connectivity index (χ3v) is 3.46. The first-order chi connectivity index (χ1) is 8.22. The minimum absolute atomic E-state index is 0.0339. The van der Waals surface area contributed by atoms with Crippen molar-refractivity contribution in [1.29, 1.82) is 0 Å². The number of hydrogen-bond donors (Lipinski definition) is 0. The monoisotopic (exact) mass is 262 g/mol. The molecule has 1 nitrogen and oxygen atoms in total. The molecule has 2 rings (SSSR count). The largest absolute Gasteiger partial charge is 0.289 e. The lowest BCUT2D eigenvalue weighted by molar-refractivity contribution is 0.103. The van der Waals surface area contributed by atoms with Gasteiger partial charge in [-0.3, -0.25) is 4.79 Å². The van der Waals surface area contributed by atoms with Crippen LogP contribution in [0.5, 0.6) is 0 Å². The van der Waals surface area contributed by atoms with Crippen molar-refractivity contribution in [2.75, 3.05) is 6.26 Å². The predicted octanol–water partition coefficient (Wildman–Crippen LogP) is 4.29. The van der Waals surface area contributed by atoms with Crippen LogP contribution in [0, 0.1) is 0 Å². The molecule has 0 saturated carbocycles. The number of rotatable bonds is 3. The highest BCUT2D eigenvalue weighted by molar-refractivity contribution is 7.98. The van der Waals surface area contributed by atoms with E-state index in [0.717, 1.165) is 4.90 Å². The van der Waals surface area contributed by atoms with Gasteiger partial charge in [0.1, 0.15) is 0 Å². The first-order valence-electron chi connectivity index (χ1n) is 5.15. The number of ketones is 1. The van der Waals surface area contributed by atoms with Gasteiger partial charge in [0.15, 0.2) is 5.78 Å². The number of carbonyl (C=O) groups excluding carboxylic acids is 1. The second-order valence-electron chi connectivity index (χ2n) is 3.54. The number of benzene rings is 2. The summed E-state index contributed by atoms with van der Waals surface area (Å²) in [6.07, 6.45) is 1.94. The molecule has 0 aliphatic heterocycles. The van der Waals surface area contributed by atoms with Crippen LogP contribution in [0.4, 0.5) is 0 Å². The Kier molecular flexibility index (Phi) is 3.87. The molecule has 2 aromatic rings. The summed E-state index contributed by atoms with van der Waals surface area (Å²) in [5.74, 6) is 0.0339. The van der Waals surface area contributed by atoms with Gasteiger partial charge in [-0.2, -0.15) is 0 Å². The van der Waals surface area contributed by atoms with Crippen LogP contribution < -0.4 is 0 Å². The average Bonchev–Trinajstić information content (AvgIpc) is 2.39. The van der Waals surface area contributed by atoms with Gasteiger partial charge in [0.2, 0.25) is 0 Å². The predicted molar refractivity (Wildman–Crippen MR) is 73.1 cm³/mol. The molecule has 0 N–H and O–H groups in total. The molecule has 17 heavy (non-hydrogen) atoms. The van der Waals surface area contributed by atoms with Crippen molar-refractivity contribution < 1.29 is 4.79 Å². The molecule has 0 saturated heterocycles. The van der Waals surface area contributed by atoms with Gasteiger partial charge < -0.3 is 0 Å². The third-order valence-electron chi connectivity index (χ3n) is 2.44. The fourth-order valence-electron chi connectivity index (χ4n) is 1.60. The molecular formula is C14H11ClOS. The molecule has 0 aromatic heterocycles. The smallest absolute Gasteiger partial charge is 0.194 e. The zero-order valence-electron chi connectivity index (χ0n) is 9.31. The molecule has 0 aliphatic carbocycles. The summed E-state index contributed by atoms with van der Waals surface area (Å²) in [6.45, 7) is 0. The molecule has 0 amide bonds. The van der Waals surface area contributed by atoms with Crippen molar-refractivity contribution in [2.24, 2.45) is 0 Å². The molecule has 0 aliphatic rings. The van der Waals surface area contributed by atoms with Crippen LogP contribution in [0.15, 0.2) is 53.4 Å². The van der Waals surface area contributed by atoms with Crippen LogP contribution in [-0.2, 0) is 0 Å². The number of thioether (sulfide) groups is 1. The van der Waals surface area contributed by atoms with E-state index in [9.17, 15) is 4.79 Å². The van der Waals surface area contributed by atoms with Gasteiger partial charge in [0.25, 0.3) is 0 Å². The van der Waals surface area contributed by atoms with Crippen molar-refractivity contribution in [2.45, 2.75) is 4.90 Å². The van der Waals surface area contributed by atoms with Crippen LogP contribution in [0.25, 0.3) is 0 Å². The Morgan fingerprint density at radius 2 is 1.82 bits per heavy atom. The van der Waals surface area contributed by atoms with E-state index in [-0.39, 0.29) is 5.78 Å². The molecular weight excluding hydrogens is 252 g/mol. The summed E-state index contributed by atoms with van der Waals surface area (Å²) in [5, 5.41) is 0.652. The second-order valence-corrected chi connectivity index (χ2v) is 4.82. The Balaban J connectivity index is 2.44. The standard InChI is InChI=1S/C14H11ClOS/c1-17-13-9-11(15)7-8-12(13)14(16)10-5-3-2-4-6-10/h2-9H,1H3. The zero-order chi connectivity index (χ0) is 12.3. The van der Waals surface area contributed by atoms with Gasteiger partial charge in [-0.1, -0.05) is 41.9 Å². The Hall–Kier alpha value is -1.25. The Morgan fingerprint density at radius 1 is 1.12 bits per heavy atom. The normalized spacial score (nSPS) is 10.2. The lowest BCUT2D eigenvalue weighted by Crippen LogP contribution is -2.02. The lowest BCUT2D eigenvalue weighted by Gasteiger charge is -2.06. The highest BCUT2D eigenvalue weighted by Gasteiger charge is 2.13. The molecule has 2 aromatic carbocycles. The average molecular weight is 263 g/mol. The molecule has 0 radical (unpaired) electrons. The highest BCUT2D eigenvalue weighted by Crippen LogP contribution is 2.26.